The molecule has 0 bridgehead atoms. The van der Waals surface area contributed by atoms with Crippen molar-refractivity contribution >= 4 is 51.3 Å². The van der Waals surface area contributed by atoms with Crippen LogP contribution in [0.15, 0.2) is 0 Å². The number of hydrogen-bond acceptors (Lipinski definition) is 5. The van der Waals surface area contributed by atoms with E-state index in [2.05, 4.69) is 37.7 Å². The molecule has 9 heteroatoms. The summed E-state index contributed by atoms with van der Waals surface area (Å²) in [6.07, 6.45) is 0.984. The molecule has 1 unspecified atom stereocenters. The molecule has 1 aliphatic rings. The van der Waals surface area contributed by atoms with Crippen LogP contribution in [0.1, 0.15) is 24.8 Å². The first-order valence-electron chi connectivity index (χ1n) is 6.00. The second kappa shape index (κ2) is 5.41. The van der Waals surface area contributed by atoms with Crippen molar-refractivity contribution in [2.75, 3.05) is 6.61 Å². The fraction of sp³-hybridized carbons (Fsp3) is 0.455. The number of ether oxygens (including phenoxy) is 1. The summed E-state index contributed by atoms with van der Waals surface area (Å²) in [6, 6.07) is 0. The number of aliphatic carboxylic acids is 1. The normalized spacial score (nSPS) is 18.2. The smallest absolute Gasteiger partial charge is 0.303 e. The van der Waals surface area contributed by atoms with Crippen LogP contribution in [-0.4, -0.2) is 37.4 Å². The molecule has 1 atom stereocenters. The summed E-state index contributed by atoms with van der Waals surface area (Å²) in [5, 5.41) is 13.3. The lowest BCUT2D eigenvalue weighted by atomic mass is 10.2. The van der Waals surface area contributed by atoms with Gasteiger partial charge in [-0.3, -0.25) is 4.79 Å². The number of nitrogens with zero attached hydrogens (tertiary/aromatic N) is 4. The zero-order valence-electron chi connectivity index (χ0n) is 10.2. The summed E-state index contributed by atoms with van der Waals surface area (Å²) in [4.78, 5) is 19.3. The van der Waals surface area contributed by atoms with Crippen LogP contribution in [-0.2, 0) is 16.0 Å². The number of carboxylic acids is 1. The van der Waals surface area contributed by atoms with Gasteiger partial charge in [0.15, 0.2) is 20.7 Å². The number of halogens is 2. The lowest BCUT2D eigenvalue weighted by Crippen LogP contribution is -2.25. The maximum absolute atomic E-state index is 10.6. The van der Waals surface area contributed by atoms with Crippen LogP contribution in [0, 0.1) is 3.70 Å². The highest BCUT2D eigenvalue weighted by atomic mass is 127. The van der Waals surface area contributed by atoms with Crippen LogP contribution in [0.2, 0.25) is 5.15 Å². The fourth-order valence-corrected chi connectivity index (χ4v) is 2.74. The molecule has 2 aromatic heterocycles. The van der Waals surface area contributed by atoms with Gasteiger partial charge in [-0.15, -0.1) is 0 Å². The van der Waals surface area contributed by atoms with Gasteiger partial charge in [-0.1, -0.05) is 11.6 Å². The van der Waals surface area contributed by atoms with E-state index in [1.54, 1.807) is 4.68 Å². The first kappa shape index (κ1) is 14.0. The minimum Gasteiger partial charge on any atom is -0.481 e. The SMILES string of the molecule is O=C(O)CCc1nc2c(I)nn(C3CCO3)c2nc1Cl. The van der Waals surface area contributed by atoms with Crippen molar-refractivity contribution in [3.8, 4) is 0 Å². The Labute approximate surface area is 132 Å². The van der Waals surface area contributed by atoms with E-state index in [-0.39, 0.29) is 24.2 Å². The van der Waals surface area contributed by atoms with Gasteiger partial charge < -0.3 is 9.84 Å². The van der Waals surface area contributed by atoms with Crippen molar-refractivity contribution in [3.63, 3.8) is 0 Å². The van der Waals surface area contributed by atoms with Crippen molar-refractivity contribution in [1.29, 1.82) is 0 Å². The van der Waals surface area contributed by atoms with Gasteiger partial charge in [0.2, 0.25) is 0 Å². The molecule has 0 amide bonds. The quantitative estimate of drug-likeness (QED) is 0.779. The van der Waals surface area contributed by atoms with Gasteiger partial charge in [0, 0.05) is 12.8 Å². The molecule has 0 saturated carbocycles. The highest BCUT2D eigenvalue weighted by molar-refractivity contribution is 14.1. The van der Waals surface area contributed by atoms with E-state index < -0.39 is 5.97 Å². The number of aryl methyl sites for hydroxylation is 1. The number of fused-ring (bicyclic) bond motifs is 1. The monoisotopic (exact) mass is 408 g/mol. The van der Waals surface area contributed by atoms with Crippen LogP contribution in [0.25, 0.3) is 11.2 Å². The van der Waals surface area contributed by atoms with Crippen LogP contribution in [0.5, 0.6) is 0 Å². The Morgan fingerprint density at radius 2 is 2.30 bits per heavy atom. The number of carbonyl (C=O) groups is 1. The van der Waals surface area contributed by atoms with E-state index >= 15 is 0 Å². The molecule has 0 spiro atoms. The molecule has 20 heavy (non-hydrogen) atoms. The molecule has 1 fully saturated rings. The Balaban J connectivity index is 2.02. The van der Waals surface area contributed by atoms with Gasteiger partial charge in [0.05, 0.1) is 18.7 Å². The maximum atomic E-state index is 10.6. The first-order chi connectivity index (χ1) is 9.56. The third-order valence-corrected chi connectivity index (χ3v) is 4.06. The fourth-order valence-electron chi connectivity index (χ4n) is 1.93. The highest BCUT2D eigenvalue weighted by Gasteiger charge is 2.26. The summed E-state index contributed by atoms with van der Waals surface area (Å²) in [7, 11) is 0. The molecule has 7 nitrogen and oxygen atoms in total. The Bertz CT molecular complexity index is 686. The molecule has 0 radical (unpaired) electrons. The van der Waals surface area contributed by atoms with E-state index in [1.165, 1.54) is 0 Å². The zero-order chi connectivity index (χ0) is 14.3. The Kier molecular flexibility index (Phi) is 3.78. The van der Waals surface area contributed by atoms with Crippen molar-refractivity contribution in [2.24, 2.45) is 0 Å². The van der Waals surface area contributed by atoms with Gasteiger partial charge in [0.25, 0.3) is 0 Å². The third-order valence-electron chi connectivity index (χ3n) is 3.03. The third kappa shape index (κ3) is 2.47. The van der Waals surface area contributed by atoms with E-state index in [4.69, 9.17) is 21.4 Å². The summed E-state index contributed by atoms with van der Waals surface area (Å²) in [6.45, 7) is 0.709. The van der Waals surface area contributed by atoms with E-state index in [1.807, 2.05) is 0 Å². The average Bonchev–Trinajstić information content (AvgIpc) is 2.61. The van der Waals surface area contributed by atoms with Crippen LogP contribution in [0.4, 0.5) is 0 Å². The number of rotatable bonds is 4. The lowest BCUT2D eigenvalue weighted by Gasteiger charge is -2.26. The molecule has 1 aliphatic heterocycles. The number of carboxylic acid groups (broad SMARTS) is 1. The summed E-state index contributed by atoms with van der Waals surface area (Å²) < 4.78 is 7.78. The lowest BCUT2D eigenvalue weighted by molar-refractivity contribution is -0.136. The number of aromatic nitrogens is 4. The topological polar surface area (TPSA) is 90.1 Å². The molecule has 0 aliphatic carbocycles. The van der Waals surface area contributed by atoms with Gasteiger partial charge >= 0.3 is 5.97 Å². The summed E-state index contributed by atoms with van der Waals surface area (Å²) in [5.74, 6) is -0.892. The van der Waals surface area contributed by atoms with Gasteiger partial charge in [-0.05, 0) is 22.6 Å². The van der Waals surface area contributed by atoms with Crippen molar-refractivity contribution < 1.29 is 14.6 Å². The predicted octanol–water partition coefficient (Wildman–Crippen LogP) is 2.02. The van der Waals surface area contributed by atoms with Gasteiger partial charge in [-0.2, -0.15) is 5.10 Å². The van der Waals surface area contributed by atoms with Crippen LogP contribution < -0.4 is 0 Å². The second-order valence-corrected chi connectivity index (χ2v) is 5.76. The molecule has 1 saturated heterocycles. The molecule has 3 heterocycles. The average molecular weight is 409 g/mol. The van der Waals surface area contributed by atoms with E-state index in [9.17, 15) is 4.79 Å². The van der Waals surface area contributed by atoms with Crippen molar-refractivity contribution in [2.45, 2.75) is 25.5 Å². The van der Waals surface area contributed by atoms with Crippen LogP contribution in [0.3, 0.4) is 0 Å². The summed E-state index contributed by atoms with van der Waals surface area (Å²) in [5.41, 5.74) is 1.68. The Morgan fingerprint density at radius 1 is 1.55 bits per heavy atom. The molecule has 1 N–H and O–H groups in total. The van der Waals surface area contributed by atoms with E-state index in [0.29, 0.717) is 27.2 Å². The predicted molar refractivity (Wildman–Crippen MR) is 78.6 cm³/mol. The van der Waals surface area contributed by atoms with Gasteiger partial charge in [0.1, 0.15) is 5.52 Å². The molecule has 0 aromatic carbocycles. The minimum absolute atomic E-state index is 0.0314. The Morgan fingerprint density at radius 3 is 2.90 bits per heavy atom. The molecule has 2 aromatic rings. The molecule has 106 valence electrons. The largest absolute Gasteiger partial charge is 0.481 e. The van der Waals surface area contributed by atoms with Crippen molar-refractivity contribution in [1.82, 2.24) is 19.7 Å². The second-order valence-electron chi connectivity index (χ2n) is 4.38. The van der Waals surface area contributed by atoms with Crippen LogP contribution >= 0.6 is 34.2 Å². The molecular weight excluding hydrogens is 399 g/mol. The first-order valence-corrected chi connectivity index (χ1v) is 7.45. The summed E-state index contributed by atoms with van der Waals surface area (Å²) >= 11 is 8.16. The molecular formula is C11H10ClIN4O3. The standard InChI is InChI=1S/C11H10ClIN4O3/c12-9-5(1-2-7(18)19)14-8-10(13)16-17(11(8)15-9)6-3-4-20-6/h6H,1-4H2,(H,18,19). The Hall–Kier alpha value is -1.00. The number of hydrogen-bond donors (Lipinski definition) is 1. The van der Waals surface area contributed by atoms with Crippen molar-refractivity contribution in [3.05, 3.63) is 14.5 Å². The zero-order valence-corrected chi connectivity index (χ0v) is 13.1. The minimum atomic E-state index is -0.892. The molecule has 3 rings (SSSR count). The van der Waals surface area contributed by atoms with E-state index in [0.717, 1.165) is 6.42 Å². The highest BCUT2D eigenvalue weighted by Crippen LogP contribution is 2.29. The van der Waals surface area contributed by atoms with Gasteiger partial charge in [-0.25, -0.2) is 14.6 Å². The maximum Gasteiger partial charge on any atom is 0.303 e.